The van der Waals surface area contributed by atoms with Crippen LogP contribution in [0.2, 0.25) is 0 Å². The van der Waals surface area contributed by atoms with Crippen LogP contribution in [-0.2, 0) is 0 Å². The predicted molar refractivity (Wildman–Crippen MR) is 88.4 cm³/mol. The third-order valence-corrected chi connectivity index (χ3v) is 3.88. The van der Waals surface area contributed by atoms with Crippen molar-refractivity contribution in [3.63, 3.8) is 0 Å². The lowest BCUT2D eigenvalue weighted by atomic mass is 10.1. The van der Waals surface area contributed by atoms with Crippen LogP contribution in [0.3, 0.4) is 0 Å². The molecule has 24 heavy (non-hydrogen) atoms. The normalized spacial score (nSPS) is 12.0. The molecule has 1 amide bonds. The molecule has 0 aliphatic rings. The van der Waals surface area contributed by atoms with E-state index in [2.05, 4.69) is 15.4 Å². The highest BCUT2D eigenvalue weighted by Gasteiger charge is 2.17. The molecule has 0 saturated heterocycles. The Hall–Kier alpha value is -3.02. The lowest BCUT2D eigenvalue weighted by Gasteiger charge is -2.14. The van der Waals surface area contributed by atoms with Crippen LogP contribution in [0.5, 0.6) is 0 Å². The summed E-state index contributed by atoms with van der Waals surface area (Å²) in [5.41, 5.74) is 3.12. The summed E-state index contributed by atoms with van der Waals surface area (Å²) in [6.45, 7) is 3.82. The lowest BCUT2D eigenvalue weighted by molar-refractivity contribution is 0.0939. The van der Waals surface area contributed by atoms with Crippen LogP contribution in [-0.4, -0.2) is 20.7 Å². The molecule has 3 rings (SSSR count). The summed E-state index contributed by atoms with van der Waals surface area (Å²) >= 11 is 0. The van der Waals surface area contributed by atoms with Crippen molar-refractivity contribution in [2.24, 2.45) is 0 Å². The summed E-state index contributed by atoms with van der Waals surface area (Å²) in [5, 5.41) is 7.30. The Kier molecular flexibility index (Phi) is 4.37. The van der Waals surface area contributed by atoms with Crippen molar-refractivity contribution in [3.05, 3.63) is 77.6 Å². The summed E-state index contributed by atoms with van der Waals surface area (Å²) in [6.07, 6.45) is 4.88. The molecule has 2 aromatic heterocycles. The van der Waals surface area contributed by atoms with E-state index in [0.717, 1.165) is 16.9 Å². The molecule has 0 aliphatic heterocycles. The van der Waals surface area contributed by atoms with E-state index in [-0.39, 0.29) is 17.8 Å². The Morgan fingerprint density at radius 3 is 2.50 bits per heavy atom. The Morgan fingerprint density at radius 1 is 1.17 bits per heavy atom. The number of nitrogens with one attached hydrogen (secondary N) is 1. The van der Waals surface area contributed by atoms with Crippen molar-refractivity contribution < 1.29 is 9.18 Å². The molecule has 1 atom stereocenters. The first-order valence-corrected chi connectivity index (χ1v) is 7.57. The average molecular weight is 324 g/mol. The van der Waals surface area contributed by atoms with Gasteiger partial charge in [0.25, 0.3) is 5.91 Å². The fourth-order valence-corrected chi connectivity index (χ4v) is 2.55. The first-order valence-electron chi connectivity index (χ1n) is 7.57. The van der Waals surface area contributed by atoms with Gasteiger partial charge < -0.3 is 5.32 Å². The molecule has 0 saturated carbocycles. The maximum absolute atomic E-state index is 13.1. The highest BCUT2D eigenvalue weighted by Crippen LogP contribution is 2.20. The quantitative estimate of drug-likeness (QED) is 0.802. The Labute approximate surface area is 139 Å². The van der Waals surface area contributed by atoms with Gasteiger partial charge in [-0.15, -0.1) is 0 Å². The maximum atomic E-state index is 13.1. The summed E-state index contributed by atoms with van der Waals surface area (Å²) in [6, 6.07) is 9.24. The third kappa shape index (κ3) is 3.17. The van der Waals surface area contributed by atoms with E-state index in [9.17, 15) is 9.18 Å². The summed E-state index contributed by atoms with van der Waals surface area (Å²) in [7, 11) is 0. The number of hydrogen-bond donors (Lipinski definition) is 1. The number of aromatic nitrogens is 3. The van der Waals surface area contributed by atoms with Crippen LogP contribution in [0.4, 0.5) is 4.39 Å². The van der Waals surface area contributed by atoms with Crippen molar-refractivity contribution in [2.75, 3.05) is 0 Å². The van der Waals surface area contributed by atoms with E-state index in [1.165, 1.54) is 12.1 Å². The first kappa shape index (κ1) is 15.9. The van der Waals surface area contributed by atoms with Crippen molar-refractivity contribution in [3.8, 4) is 5.69 Å². The van der Waals surface area contributed by atoms with Crippen molar-refractivity contribution >= 4 is 5.91 Å². The van der Waals surface area contributed by atoms with Gasteiger partial charge in [-0.1, -0.05) is 0 Å². The largest absolute Gasteiger partial charge is 0.345 e. The minimum absolute atomic E-state index is 0.168. The fraction of sp³-hybridized carbons (Fsp3) is 0.167. The number of nitrogens with zero attached hydrogens (tertiary/aromatic N) is 3. The van der Waals surface area contributed by atoms with Crippen molar-refractivity contribution in [1.82, 2.24) is 20.1 Å². The number of rotatable bonds is 4. The second kappa shape index (κ2) is 6.62. The smallest absolute Gasteiger partial charge is 0.251 e. The molecule has 1 N–H and O–H groups in total. The number of benzene rings is 1. The molecule has 0 fully saturated rings. The van der Waals surface area contributed by atoms with Gasteiger partial charge in [0.15, 0.2) is 0 Å². The second-order valence-electron chi connectivity index (χ2n) is 5.50. The van der Waals surface area contributed by atoms with Crippen molar-refractivity contribution in [1.29, 1.82) is 0 Å². The monoisotopic (exact) mass is 324 g/mol. The summed E-state index contributed by atoms with van der Waals surface area (Å²) in [5.74, 6) is -0.458. The van der Waals surface area contributed by atoms with E-state index in [1.54, 1.807) is 47.5 Å². The van der Waals surface area contributed by atoms with E-state index < -0.39 is 0 Å². The molecule has 0 bridgehead atoms. The molecule has 1 aromatic carbocycles. The molecule has 3 aromatic rings. The molecule has 6 heteroatoms. The molecule has 0 aliphatic carbocycles. The van der Waals surface area contributed by atoms with Gasteiger partial charge in [-0.2, -0.15) is 5.10 Å². The van der Waals surface area contributed by atoms with Gasteiger partial charge in [0, 0.05) is 29.2 Å². The van der Waals surface area contributed by atoms with E-state index >= 15 is 0 Å². The topological polar surface area (TPSA) is 59.8 Å². The van der Waals surface area contributed by atoms with Crippen LogP contribution in [0.25, 0.3) is 5.69 Å². The second-order valence-corrected chi connectivity index (χ2v) is 5.50. The number of amides is 1. The molecule has 0 spiro atoms. The number of pyridine rings is 1. The zero-order chi connectivity index (χ0) is 17.1. The van der Waals surface area contributed by atoms with Gasteiger partial charge in [-0.05, 0) is 50.2 Å². The molecule has 5 nitrogen and oxygen atoms in total. The average Bonchev–Trinajstić information content (AvgIpc) is 2.98. The maximum Gasteiger partial charge on any atom is 0.251 e. The molecule has 2 heterocycles. The van der Waals surface area contributed by atoms with Gasteiger partial charge in [0.2, 0.25) is 0 Å². The number of carbonyl (C=O) groups excluding carboxylic acids is 1. The Bertz CT molecular complexity index is 843. The Balaban J connectivity index is 1.80. The van der Waals surface area contributed by atoms with Crippen molar-refractivity contribution in [2.45, 2.75) is 19.9 Å². The Morgan fingerprint density at radius 2 is 1.83 bits per heavy atom. The van der Waals surface area contributed by atoms with E-state index in [1.807, 2.05) is 13.8 Å². The van der Waals surface area contributed by atoms with Gasteiger partial charge >= 0.3 is 0 Å². The standard InChI is InChI=1S/C18H17FN4O/c1-12(22-18(24)14-7-9-20-10-8-14)17-11-21-23(13(17)2)16-5-3-15(19)4-6-16/h3-12H,1-2H3,(H,22,24). The van der Waals surface area contributed by atoms with Crippen LogP contribution >= 0.6 is 0 Å². The minimum atomic E-state index is -0.290. The van der Waals surface area contributed by atoms with Gasteiger partial charge in [0.1, 0.15) is 5.82 Å². The third-order valence-electron chi connectivity index (χ3n) is 3.88. The molecule has 1 unspecified atom stereocenters. The van der Waals surface area contributed by atoms with Crippen LogP contribution in [0.1, 0.15) is 34.6 Å². The summed E-state index contributed by atoms with van der Waals surface area (Å²) < 4.78 is 14.8. The fourth-order valence-electron chi connectivity index (χ4n) is 2.55. The van der Waals surface area contributed by atoms with Gasteiger partial charge in [0.05, 0.1) is 17.9 Å². The lowest BCUT2D eigenvalue weighted by Crippen LogP contribution is -2.26. The number of carbonyl (C=O) groups is 1. The zero-order valence-electron chi connectivity index (χ0n) is 13.4. The van der Waals surface area contributed by atoms with Gasteiger partial charge in [-0.3, -0.25) is 9.78 Å². The highest BCUT2D eigenvalue weighted by atomic mass is 19.1. The minimum Gasteiger partial charge on any atom is -0.345 e. The zero-order valence-corrected chi connectivity index (χ0v) is 13.4. The molecule has 122 valence electrons. The first-order chi connectivity index (χ1) is 11.6. The molecular weight excluding hydrogens is 307 g/mol. The SMILES string of the molecule is Cc1c(C(C)NC(=O)c2ccncc2)cnn1-c1ccc(F)cc1. The predicted octanol–water partition coefficient (Wildman–Crippen LogP) is 3.21. The number of halogens is 1. The highest BCUT2D eigenvalue weighted by molar-refractivity contribution is 5.94. The van der Waals surface area contributed by atoms with Gasteiger partial charge in [-0.25, -0.2) is 9.07 Å². The van der Waals surface area contributed by atoms with E-state index in [0.29, 0.717) is 5.56 Å². The molecular formula is C18H17FN4O. The van der Waals surface area contributed by atoms with E-state index in [4.69, 9.17) is 0 Å². The van der Waals surface area contributed by atoms with Crippen LogP contribution in [0.15, 0.2) is 55.0 Å². The van der Waals surface area contributed by atoms with Crippen LogP contribution in [0, 0.1) is 12.7 Å². The van der Waals surface area contributed by atoms with Crippen LogP contribution < -0.4 is 5.32 Å². The molecule has 0 radical (unpaired) electrons. The summed E-state index contributed by atoms with van der Waals surface area (Å²) in [4.78, 5) is 16.1. The number of hydrogen-bond acceptors (Lipinski definition) is 3.